The van der Waals surface area contributed by atoms with Crippen LogP contribution in [0.25, 0.3) is 0 Å². The van der Waals surface area contributed by atoms with E-state index in [2.05, 4.69) is 36.1 Å². The normalized spacial score (nSPS) is 15.4. The SMILES string of the molecule is CC(C)COc1ccc(CNC(=O)N(Cc2ncco2)C2CCN(C)CC2)cc1. The molecule has 0 saturated carbocycles. The van der Waals surface area contributed by atoms with Gasteiger partial charge in [0, 0.05) is 12.6 Å². The van der Waals surface area contributed by atoms with Crippen molar-refractivity contribution < 1.29 is 13.9 Å². The van der Waals surface area contributed by atoms with Crippen LogP contribution >= 0.6 is 0 Å². The number of rotatable bonds is 8. The number of urea groups is 1. The Bertz CT molecular complexity index is 738. The molecule has 3 rings (SSSR count). The number of carbonyl (C=O) groups is 1. The summed E-state index contributed by atoms with van der Waals surface area (Å²) in [7, 11) is 2.11. The minimum absolute atomic E-state index is 0.0853. The first kappa shape index (κ1) is 21.2. The highest BCUT2D eigenvalue weighted by molar-refractivity contribution is 5.74. The number of nitrogens with zero attached hydrogens (tertiary/aromatic N) is 3. The fourth-order valence-corrected chi connectivity index (χ4v) is 3.40. The van der Waals surface area contributed by atoms with Crippen LogP contribution in [0.1, 0.15) is 38.1 Å². The van der Waals surface area contributed by atoms with Crippen LogP contribution in [0.3, 0.4) is 0 Å². The first-order valence-corrected chi connectivity index (χ1v) is 10.3. The van der Waals surface area contributed by atoms with Gasteiger partial charge in [0.2, 0.25) is 5.89 Å². The number of amides is 2. The summed E-state index contributed by atoms with van der Waals surface area (Å²) in [5.41, 5.74) is 1.04. The van der Waals surface area contributed by atoms with Crippen molar-refractivity contribution in [3.05, 3.63) is 48.2 Å². The first-order valence-electron chi connectivity index (χ1n) is 10.3. The quantitative estimate of drug-likeness (QED) is 0.734. The van der Waals surface area contributed by atoms with E-state index in [1.807, 2.05) is 29.2 Å². The molecule has 1 N–H and O–H groups in total. The maximum Gasteiger partial charge on any atom is 0.318 e. The van der Waals surface area contributed by atoms with Gasteiger partial charge in [-0.1, -0.05) is 26.0 Å². The van der Waals surface area contributed by atoms with Gasteiger partial charge in [0.25, 0.3) is 0 Å². The van der Waals surface area contributed by atoms with Gasteiger partial charge in [-0.05, 0) is 56.6 Å². The van der Waals surface area contributed by atoms with E-state index in [-0.39, 0.29) is 12.1 Å². The second-order valence-electron chi connectivity index (χ2n) is 8.10. The van der Waals surface area contributed by atoms with Crippen molar-refractivity contribution in [1.29, 1.82) is 0 Å². The zero-order valence-electron chi connectivity index (χ0n) is 17.6. The molecule has 7 heteroatoms. The Balaban J connectivity index is 1.57. The average molecular weight is 401 g/mol. The number of hydrogen-bond acceptors (Lipinski definition) is 5. The Labute approximate surface area is 173 Å². The molecule has 1 aliphatic rings. The molecule has 1 fully saturated rings. The maximum absolute atomic E-state index is 13.0. The van der Waals surface area contributed by atoms with E-state index in [0.29, 0.717) is 31.5 Å². The summed E-state index contributed by atoms with van der Waals surface area (Å²) < 4.78 is 11.1. The molecule has 1 aliphatic heterocycles. The lowest BCUT2D eigenvalue weighted by Crippen LogP contribution is -2.49. The number of ether oxygens (including phenoxy) is 1. The molecule has 2 heterocycles. The Kier molecular flexibility index (Phi) is 7.52. The predicted octanol–water partition coefficient (Wildman–Crippen LogP) is 3.52. The Morgan fingerprint density at radius 1 is 1.31 bits per heavy atom. The number of nitrogens with one attached hydrogen (secondary N) is 1. The number of benzene rings is 1. The number of likely N-dealkylation sites (tertiary alicyclic amines) is 1. The molecule has 0 aliphatic carbocycles. The first-order chi connectivity index (χ1) is 14.0. The van der Waals surface area contributed by atoms with Crippen LogP contribution in [0.15, 0.2) is 41.1 Å². The standard InChI is InChI=1S/C22H32N4O3/c1-17(2)16-29-20-6-4-18(5-7-20)14-24-22(27)26(15-21-23-10-13-28-21)19-8-11-25(3)12-9-19/h4-7,10,13,17,19H,8-9,11-12,14-16H2,1-3H3,(H,24,27). The molecule has 2 amide bonds. The van der Waals surface area contributed by atoms with E-state index in [9.17, 15) is 4.79 Å². The predicted molar refractivity (Wildman–Crippen MR) is 112 cm³/mol. The van der Waals surface area contributed by atoms with Crippen LogP contribution in [0, 0.1) is 5.92 Å². The minimum atomic E-state index is -0.0853. The molecular weight excluding hydrogens is 368 g/mol. The number of hydrogen-bond donors (Lipinski definition) is 1. The molecule has 7 nitrogen and oxygen atoms in total. The summed E-state index contributed by atoms with van der Waals surface area (Å²) in [6.07, 6.45) is 5.06. The van der Waals surface area contributed by atoms with Gasteiger partial charge in [-0.2, -0.15) is 0 Å². The molecule has 158 valence electrons. The summed E-state index contributed by atoms with van der Waals surface area (Å²) in [6, 6.07) is 7.98. The molecule has 0 spiro atoms. The average Bonchev–Trinajstić information content (AvgIpc) is 3.23. The minimum Gasteiger partial charge on any atom is -0.493 e. The van der Waals surface area contributed by atoms with Gasteiger partial charge in [-0.15, -0.1) is 0 Å². The lowest BCUT2D eigenvalue weighted by atomic mass is 10.0. The number of aromatic nitrogens is 1. The third-order valence-electron chi connectivity index (χ3n) is 5.13. The summed E-state index contributed by atoms with van der Waals surface area (Å²) >= 11 is 0. The zero-order valence-corrected chi connectivity index (χ0v) is 17.6. The van der Waals surface area contributed by atoms with Crippen molar-refractivity contribution in [2.75, 3.05) is 26.7 Å². The molecule has 1 aromatic heterocycles. The van der Waals surface area contributed by atoms with Crippen LogP contribution in [-0.4, -0.2) is 53.6 Å². The molecule has 1 aromatic carbocycles. The summed E-state index contributed by atoms with van der Waals surface area (Å²) in [6.45, 7) is 7.77. The van der Waals surface area contributed by atoms with Crippen molar-refractivity contribution in [2.45, 2.75) is 45.8 Å². The topological polar surface area (TPSA) is 70.8 Å². The van der Waals surface area contributed by atoms with Crippen molar-refractivity contribution in [1.82, 2.24) is 20.1 Å². The molecule has 0 bridgehead atoms. The highest BCUT2D eigenvalue weighted by atomic mass is 16.5. The van der Waals surface area contributed by atoms with Gasteiger partial charge in [0.1, 0.15) is 12.0 Å². The summed E-state index contributed by atoms with van der Waals surface area (Å²) in [5.74, 6) is 1.90. The molecular formula is C22H32N4O3. The molecule has 0 radical (unpaired) electrons. The highest BCUT2D eigenvalue weighted by Gasteiger charge is 2.28. The zero-order chi connectivity index (χ0) is 20.6. The Morgan fingerprint density at radius 2 is 2.03 bits per heavy atom. The van der Waals surface area contributed by atoms with E-state index in [1.54, 1.807) is 12.5 Å². The molecule has 0 atom stereocenters. The van der Waals surface area contributed by atoms with E-state index >= 15 is 0 Å². The van der Waals surface area contributed by atoms with E-state index < -0.39 is 0 Å². The van der Waals surface area contributed by atoms with Crippen molar-refractivity contribution in [2.24, 2.45) is 5.92 Å². The second-order valence-corrected chi connectivity index (χ2v) is 8.10. The summed E-state index contributed by atoms with van der Waals surface area (Å²) in [4.78, 5) is 21.3. The van der Waals surface area contributed by atoms with Gasteiger partial charge in [-0.25, -0.2) is 9.78 Å². The van der Waals surface area contributed by atoms with Gasteiger partial charge in [-0.3, -0.25) is 0 Å². The maximum atomic E-state index is 13.0. The van der Waals surface area contributed by atoms with Crippen LogP contribution in [0.4, 0.5) is 4.79 Å². The Morgan fingerprint density at radius 3 is 2.66 bits per heavy atom. The van der Waals surface area contributed by atoms with Gasteiger partial charge in [0.15, 0.2) is 0 Å². The van der Waals surface area contributed by atoms with Crippen LogP contribution in [0.2, 0.25) is 0 Å². The van der Waals surface area contributed by atoms with Crippen LogP contribution in [-0.2, 0) is 13.1 Å². The van der Waals surface area contributed by atoms with Crippen LogP contribution < -0.4 is 10.1 Å². The largest absolute Gasteiger partial charge is 0.493 e. The lowest BCUT2D eigenvalue weighted by molar-refractivity contribution is 0.120. The molecule has 2 aromatic rings. The van der Waals surface area contributed by atoms with E-state index in [0.717, 1.165) is 37.2 Å². The number of piperidine rings is 1. The van der Waals surface area contributed by atoms with E-state index in [4.69, 9.17) is 9.15 Å². The van der Waals surface area contributed by atoms with E-state index in [1.165, 1.54) is 0 Å². The third-order valence-corrected chi connectivity index (χ3v) is 5.13. The third kappa shape index (κ3) is 6.49. The van der Waals surface area contributed by atoms with Crippen molar-refractivity contribution in [3.8, 4) is 5.75 Å². The number of oxazole rings is 1. The number of carbonyl (C=O) groups excluding carboxylic acids is 1. The van der Waals surface area contributed by atoms with Gasteiger partial charge >= 0.3 is 6.03 Å². The summed E-state index contributed by atoms with van der Waals surface area (Å²) in [5, 5.41) is 3.05. The fourth-order valence-electron chi connectivity index (χ4n) is 3.40. The van der Waals surface area contributed by atoms with Crippen molar-refractivity contribution >= 4 is 6.03 Å². The second kappa shape index (κ2) is 10.3. The molecule has 29 heavy (non-hydrogen) atoms. The monoisotopic (exact) mass is 400 g/mol. The smallest absolute Gasteiger partial charge is 0.318 e. The molecule has 0 unspecified atom stereocenters. The molecule has 1 saturated heterocycles. The van der Waals surface area contributed by atoms with Crippen molar-refractivity contribution in [3.63, 3.8) is 0 Å². The van der Waals surface area contributed by atoms with Gasteiger partial charge in [0.05, 0.1) is 19.3 Å². The lowest BCUT2D eigenvalue weighted by Gasteiger charge is -2.36. The van der Waals surface area contributed by atoms with Crippen LogP contribution in [0.5, 0.6) is 5.75 Å². The Hall–Kier alpha value is -2.54. The fraction of sp³-hybridized carbons (Fsp3) is 0.545. The highest BCUT2D eigenvalue weighted by Crippen LogP contribution is 2.19. The van der Waals surface area contributed by atoms with Gasteiger partial charge < -0.3 is 24.3 Å².